The summed E-state index contributed by atoms with van der Waals surface area (Å²) in [4.78, 5) is 0. The van der Waals surface area contributed by atoms with Gasteiger partial charge in [0.05, 0.1) is 0 Å². The molecule has 0 heteroatoms. The number of hydrogen-bond acceptors (Lipinski definition) is 0. The first kappa shape index (κ1) is 15.2. The van der Waals surface area contributed by atoms with Gasteiger partial charge in [-0.2, -0.15) is 0 Å². The summed E-state index contributed by atoms with van der Waals surface area (Å²) in [5, 5.41) is 2.62. The summed E-state index contributed by atoms with van der Waals surface area (Å²) in [6, 6.07) is 16.7. The molecule has 0 amide bonds. The SMILES string of the molecule is C1CC2CCCC3CCCC(C1)C23.c1ccc2ccccc2c1. The van der Waals surface area contributed by atoms with E-state index in [1.807, 2.05) is 0 Å². The molecule has 0 spiro atoms. The fraction of sp³-hybridized carbons (Fsp3) is 0.565. The Balaban J connectivity index is 0.000000122. The number of fused-ring (bicyclic) bond motifs is 1. The predicted octanol–water partition coefficient (Wildman–Crippen LogP) is 6.84. The largest absolute Gasteiger partial charge is 0.0616 e. The van der Waals surface area contributed by atoms with Gasteiger partial charge in [0, 0.05) is 0 Å². The van der Waals surface area contributed by atoms with Crippen molar-refractivity contribution in [2.75, 3.05) is 0 Å². The van der Waals surface area contributed by atoms with E-state index in [9.17, 15) is 0 Å². The van der Waals surface area contributed by atoms with E-state index in [1.165, 1.54) is 16.7 Å². The molecule has 0 unspecified atom stereocenters. The molecule has 3 aliphatic carbocycles. The van der Waals surface area contributed by atoms with Crippen LogP contribution in [0.4, 0.5) is 0 Å². The average molecular weight is 306 g/mol. The van der Waals surface area contributed by atoms with Gasteiger partial charge in [-0.15, -0.1) is 0 Å². The first-order chi connectivity index (χ1) is 11.4. The molecule has 0 nitrogen and oxygen atoms in total. The second-order valence-corrected chi connectivity index (χ2v) is 8.00. The van der Waals surface area contributed by atoms with Crippen molar-refractivity contribution in [3.63, 3.8) is 0 Å². The Morgan fingerprint density at radius 2 is 0.783 bits per heavy atom. The molecule has 3 fully saturated rings. The molecule has 0 aromatic heterocycles. The van der Waals surface area contributed by atoms with Crippen molar-refractivity contribution in [1.82, 2.24) is 0 Å². The lowest BCUT2D eigenvalue weighted by molar-refractivity contribution is 0.0123. The average Bonchev–Trinajstić information content (AvgIpc) is 2.63. The Labute approximate surface area is 141 Å². The summed E-state index contributed by atoms with van der Waals surface area (Å²) in [5.41, 5.74) is 0. The second-order valence-electron chi connectivity index (χ2n) is 8.00. The maximum atomic E-state index is 2.12. The van der Waals surface area contributed by atoms with E-state index in [0.29, 0.717) is 0 Å². The third-order valence-corrected chi connectivity index (χ3v) is 6.74. The summed E-state index contributed by atoms with van der Waals surface area (Å²) in [7, 11) is 0. The lowest BCUT2D eigenvalue weighted by Gasteiger charge is -2.49. The van der Waals surface area contributed by atoms with E-state index < -0.39 is 0 Å². The molecule has 3 saturated carbocycles. The normalized spacial score (nSPS) is 32.5. The predicted molar refractivity (Wildman–Crippen MR) is 99.5 cm³/mol. The minimum Gasteiger partial charge on any atom is -0.0616 e. The fourth-order valence-corrected chi connectivity index (χ4v) is 5.80. The van der Waals surface area contributed by atoms with Crippen molar-refractivity contribution in [2.24, 2.45) is 23.7 Å². The van der Waals surface area contributed by atoms with Gasteiger partial charge in [0.25, 0.3) is 0 Å². The zero-order chi connectivity index (χ0) is 15.5. The standard InChI is InChI=1S/C13H22.C10H8/c1-4-10-6-2-8-12-9-3-7-11(5-1)13(10)12;1-2-6-10-8-4-3-7-9(10)5-1/h10-13H,1-9H2;1-8H. The number of rotatable bonds is 0. The summed E-state index contributed by atoms with van der Waals surface area (Å²) < 4.78 is 0. The van der Waals surface area contributed by atoms with Gasteiger partial charge >= 0.3 is 0 Å². The van der Waals surface area contributed by atoms with Crippen molar-refractivity contribution >= 4 is 10.8 Å². The van der Waals surface area contributed by atoms with Crippen molar-refractivity contribution in [3.8, 4) is 0 Å². The third-order valence-electron chi connectivity index (χ3n) is 6.74. The molecule has 2 aromatic carbocycles. The number of benzene rings is 2. The molecule has 0 radical (unpaired) electrons. The van der Waals surface area contributed by atoms with Crippen LogP contribution < -0.4 is 0 Å². The fourth-order valence-electron chi connectivity index (χ4n) is 5.80. The number of hydrogen-bond donors (Lipinski definition) is 0. The molecular formula is C23H30. The Morgan fingerprint density at radius 1 is 0.478 bits per heavy atom. The third kappa shape index (κ3) is 3.32. The molecule has 2 aromatic rings. The molecule has 0 aliphatic heterocycles. The van der Waals surface area contributed by atoms with Gasteiger partial charge in [-0.3, -0.25) is 0 Å². The van der Waals surface area contributed by atoms with Crippen LogP contribution in [-0.2, 0) is 0 Å². The first-order valence-corrected chi connectivity index (χ1v) is 9.85. The van der Waals surface area contributed by atoms with Crippen LogP contribution in [-0.4, -0.2) is 0 Å². The van der Waals surface area contributed by atoms with Gasteiger partial charge in [0.1, 0.15) is 0 Å². The van der Waals surface area contributed by atoms with Gasteiger partial charge in [0.2, 0.25) is 0 Å². The zero-order valence-electron chi connectivity index (χ0n) is 14.3. The van der Waals surface area contributed by atoms with Crippen molar-refractivity contribution in [2.45, 2.75) is 57.8 Å². The Kier molecular flexibility index (Phi) is 4.69. The molecule has 0 atom stereocenters. The Morgan fingerprint density at radius 3 is 1.09 bits per heavy atom. The molecular weight excluding hydrogens is 276 g/mol. The summed E-state index contributed by atoms with van der Waals surface area (Å²) in [6.45, 7) is 0. The molecule has 0 bridgehead atoms. The summed E-state index contributed by atoms with van der Waals surface area (Å²) in [5.74, 6) is 4.68. The lowest BCUT2D eigenvalue weighted by Crippen LogP contribution is -2.39. The van der Waals surface area contributed by atoms with Crippen LogP contribution in [0.25, 0.3) is 10.8 Å². The van der Waals surface area contributed by atoms with E-state index in [-0.39, 0.29) is 0 Å². The van der Waals surface area contributed by atoms with Crippen LogP contribution >= 0.6 is 0 Å². The van der Waals surface area contributed by atoms with E-state index in [1.54, 1.807) is 57.8 Å². The second kappa shape index (κ2) is 7.07. The zero-order valence-corrected chi connectivity index (χ0v) is 14.3. The Hall–Kier alpha value is -1.30. The molecule has 0 N–H and O–H groups in total. The minimum absolute atomic E-state index is 1.16. The first-order valence-electron chi connectivity index (χ1n) is 9.85. The van der Waals surface area contributed by atoms with Gasteiger partial charge < -0.3 is 0 Å². The van der Waals surface area contributed by atoms with E-state index >= 15 is 0 Å². The van der Waals surface area contributed by atoms with E-state index in [0.717, 1.165) is 17.8 Å². The van der Waals surface area contributed by atoms with Crippen LogP contribution in [0, 0.1) is 23.7 Å². The molecule has 3 aliphatic rings. The lowest BCUT2D eigenvalue weighted by atomic mass is 9.56. The van der Waals surface area contributed by atoms with E-state index in [4.69, 9.17) is 0 Å². The molecule has 23 heavy (non-hydrogen) atoms. The minimum atomic E-state index is 1.16. The van der Waals surface area contributed by atoms with Gasteiger partial charge in [-0.25, -0.2) is 0 Å². The maximum absolute atomic E-state index is 2.12. The summed E-state index contributed by atoms with van der Waals surface area (Å²) in [6.07, 6.45) is 14.1. The highest BCUT2D eigenvalue weighted by Gasteiger charge is 2.42. The van der Waals surface area contributed by atoms with Crippen LogP contribution in [0.5, 0.6) is 0 Å². The topological polar surface area (TPSA) is 0 Å². The smallest absolute Gasteiger partial charge is 0.0184 e. The van der Waals surface area contributed by atoms with Gasteiger partial charge in [0.15, 0.2) is 0 Å². The van der Waals surface area contributed by atoms with Crippen LogP contribution in [0.15, 0.2) is 48.5 Å². The molecule has 122 valence electrons. The van der Waals surface area contributed by atoms with Crippen LogP contribution in [0.3, 0.4) is 0 Å². The van der Waals surface area contributed by atoms with Gasteiger partial charge in [-0.1, -0.05) is 106 Å². The monoisotopic (exact) mass is 306 g/mol. The van der Waals surface area contributed by atoms with E-state index in [2.05, 4.69) is 48.5 Å². The highest BCUT2D eigenvalue weighted by molar-refractivity contribution is 5.81. The van der Waals surface area contributed by atoms with Gasteiger partial charge in [-0.05, 0) is 34.4 Å². The van der Waals surface area contributed by atoms with Crippen LogP contribution in [0.1, 0.15) is 57.8 Å². The Bertz CT molecular complexity index is 518. The molecule has 0 saturated heterocycles. The maximum Gasteiger partial charge on any atom is -0.0184 e. The van der Waals surface area contributed by atoms with Crippen molar-refractivity contribution in [3.05, 3.63) is 48.5 Å². The quantitative estimate of drug-likeness (QED) is 0.499. The molecule has 0 heterocycles. The highest BCUT2D eigenvalue weighted by Crippen LogP contribution is 2.52. The highest BCUT2D eigenvalue weighted by atomic mass is 14.5. The van der Waals surface area contributed by atoms with Crippen molar-refractivity contribution < 1.29 is 0 Å². The summed E-state index contributed by atoms with van der Waals surface area (Å²) >= 11 is 0. The van der Waals surface area contributed by atoms with Crippen LogP contribution in [0.2, 0.25) is 0 Å². The van der Waals surface area contributed by atoms with Crippen molar-refractivity contribution in [1.29, 1.82) is 0 Å². The molecule has 5 rings (SSSR count).